The van der Waals surface area contributed by atoms with Crippen molar-refractivity contribution in [3.63, 3.8) is 0 Å². The number of carbonyl (C=O) groups excluding carboxylic acids is 1. The minimum absolute atomic E-state index is 0.132. The molecule has 0 saturated heterocycles. The molecule has 2 heterocycles. The van der Waals surface area contributed by atoms with Gasteiger partial charge in [-0.3, -0.25) is 0 Å². The molecule has 0 atom stereocenters. The number of esters is 1. The lowest BCUT2D eigenvalue weighted by atomic mass is 10.2. The Morgan fingerprint density at radius 3 is 2.92 bits per heavy atom. The Hall–Kier alpha value is -3.20. The Labute approximate surface area is 153 Å². The molecule has 0 unspecified atom stereocenters. The lowest BCUT2D eigenvalue weighted by Crippen LogP contribution is -2.01. The third-order valence-corrected chi connectivity index (χ3v) is 4.01. The van der Waals surface area contributed by atoms with Crippen LogP contribution in [0.3, 0.4) is 0 Å². The first-order valence-corrected chi connectivity index (χ1v) is 8.37. The minimum Gasteiger partial charge on any atom is -0.497 e. The molecule has 0 spiro atoms. The average molecular weight is 373 g/mol. The van der Waals surface area contributed by atoms with E-state index >= 15 is 0 Å². The van der Waals surface area contributed by atoms with Crippen LogP contribution < -0.4 is 9.47 Å². The summed E-state index contributed by atoms with van der Waals surface area (Å²) in [7, 11) is 3.11. The molecular weight excluding hydrogens is 358 g/mol. The van der Waals surface area contributed by atoms with Gasteiger partial charge in [-0.15, -0.1) is 11.3 Å². The second-order valence-corrected chi connectivity index (χ2v) is 5.82. The van der Waals surface area contributed by atoms with Crippen LogP contribution in [0.15, 0.2) is 40.4 Å². The van der Waals surface area contributed by atoms with Crippen LogP contribution in [0.25, 0.3) is 17.5 Å². The van der Waals surface area contributed by atoms with Gasteiger partial charge in [-0.25, -0.2) is 9.78 Å². The first-order chi connectivity index (χ1) is 12.7. The van der Waals surface area contributed by atoms with E-state index in [0.717, 1.165) is 0 Å². The van der Waals surface area contributed by atoms with Gasteiger partial charge in [-0.05, 0) is 18.2 Å². The van der Waals surface area contributed by atoms with Crippen LogP contribution in [-0.4, -0.2) is 35.3 Å². The molecule has 0 aliphatic rings. The average Bonchev–Trinajstić information content (AvgIpc) is 3.36. The van der Waals surface area contributed by atoms with E-state index in [1.807, 2.05) is 5.38 Å². The van der Waals surface area contributed by atoms with Gasteiger partial charge in [0.2, 0.25) is 5.82 Å². The molecule has 2 aromatic heterocycles. The third-order valence-electron chi connectivity index (χ3n) is 3.27. The van der Waals surface area contributed by atoms with E-state index in [2.05, 4.69) is 15.1 Å². The summed E-state index contributed by atoms with van der Waals surface area (Å²) in [6.07, 6.45) is 4.53. The van der Waals surface area contributed by atoms with Crippen molar-refractivity contribution < 1.29 is 23.5 Å². The SMILES string of the molecule is COc1ccc(-c2noc(COC(=O)/C=C/c3nccs3)n2)c(OC)c1. The van der Waals surface area contributed by atoms with E-state index in [1.54, 1.807) is 37.6 Å². The van der Waals surface area contributed by atoms with Crippen molar-refractivity contribution in [3.8, 4) is 22.9 Å². The summed E-state index contributed by atoms with van der Waals surface area (Å²) in [5.74, 6) is 1.17. The van der Waals surface area contributed by atoms with E-state index < -0.39 is 5.97 Å². The Morgan fingerprint density at radius 1 is 1.31 bits per heavy atom. The highest BCUT2D eigenvalue weighted by Gasteiger charge is 2.15. The third kappa shape index (κ3) is 4.25. The smallest absolute Gasteiger partial charge is 0.331 e. The summed E-state index contributed by atoms with van der Waals surface area (Å²) < 4.78 is 20.7. The fourth-order valence-electron chi connectivity index (χ4n) is 2.04. The molecule has 134 valence electrons. The maximum Gasteiger partial charge on any atom is 0.331 e. The topological polar surface area (TPSA) is 96.6 Å². The zero-order valence-corrected chi connectivity index (χ0v) is 14.9. The van der Waals surface area contributed by atoms with Gasteiger partial charge in [0, 0.05) is 23.7 Å². The zero-order chi connectivity index (χ0) is 18.4. The lowest BCUT2D eigenvalue weighted by molar-refractivity contribution is -0.139. The number of ether oxygens (including phenoxy) is 3. The van der Waals surface area contributed by atoms with Crippen LogP contribution in [-0.2, 0) is 16.1 Å². The first kappa shape index (κ1) is 17.6. The van der Waals surface area contributed by atoms with Crippen LogP contribution in [0.5, 0.6) is 11.5 Å². The summed E-state index contributed by atoms with van der Waals surface area (Å²) in [6, 6.07) is 5.24. The van der Waals surface area contributed by atoms with Gasteiger partial charge in [0.1, 0.15) is 16.5 Å². The Kier molecular flexibility index (Phi) is 5.59. The highest BCUT2D eigenvalue weighted by Crippen LogP contribution is 2.31. The maximum absolute atomic E-state index is 11.7. The second kappa shape index (κ2) is 8.26. The van der Waals surface area contributed by atoms with E-state index in [0.29, 0.717) is 27.9 Å². The number of thiazole rings is 1. The normalized spacial score (nSPS) is 10.8. The van der Waals surface area contributed by atoms with Gasteiger partial charge < -0.3 is 18.7 Å². The summed E-state index contributed by atoms with van der Waals surface area (Å²) in [5.41, 5.74) is 0.637. The molecule has 1 aromatic carbocycles. The molecule has 3 rings (SSSR count). The number of benzene rings is 1. The van der Waals surface area contributed by atoms with E-state index in [1.165, 1.54) is 24.5 Å². The lowest BCUT2D eigenvalue weighted by Gasteiger charge is -2.07. The molecular formula is C17H15N3O5S. The van der Waals surface area contributed by atoms with Gasteiger partial charge in [-0.2, -0.15) is 4.98 Å². The zero-order valence-electron chi connectivity index (χ0n) is 14.0. The van der Waals surface area contributed by atoms with E-state index in [4.69, 9.17) is 18.7 Å². The predicted molar refractivity (Wildman–Crippen MR) is 93.8 cm³/mol. The Bertz CT molecular complexity index is 905. The fourth-order valence-corrected chi connectivity index (χ4v) is 2.57. The van der Waals surface area contributed by atoms with Crippen LogP contribution >= 0.6 is 11.3 Å². The highest BCUT2D eigenvalue weighted by atomic mass is 32.1. The Balaban J connectivity index is 1.64. The van der Waals surface area contributed by atoms with Crippen molar-refractivity contribution in [2.24, 2.45) is 0 Å². The number of nitrogens with zero attached hydrogens (tertiary/aromatic N) is 3. The molecule has 0 aliphatic heterocycles. The van der Waals surface area contributed by atoms with E-state index in [-0.39, 0.29) is 12.5 Å². The molecule has 26 heavy (non-hydrogen) atoms. The molecule has 0 N–H and O–H groups in total. The largest absolute Gasteiger partial charge is 0.497 e. The molecule has 0 amide bonds. The summed E-state index contributed by atoms with van der Waals surface area (Å²) in [6.45, 7) is -0.132. The van der Waals surface area contributed by atoms with Gasteiger partial charge in [0.05, 0.1) is 19.8 Å². The molecule has 0 fully saturated rings. The van der Waals surface area contributed by atoms with Crippen LogP contribution in [0.2, 0.25) is 0 Å². The molecule has 0 bridgehead atoms. The van der Waals surface area contributed by atoms with Gasteiger partial charge in [0.15, 0.2) is 6.61 Å². The van der Waals surface area contributed by atoms with Crippen molar-refractivity contribution in [1.29, 1.82) is 0 Å². The molecule has 3 aromatic rings. The minimum atomic E-state index is -0.526. The number of hydrogen-bond acceptors (Lipinski definition) is 9. The standard InChI is InChI=1S/C17H15N3O5S/c1-22-11-3-4-12(13(9-11)23-2)17-19-14(25-20-17)10-24-16(21)6-5-15-18-7-8-26-15/h3-9H,10H2,1-2H3/b6-5+. The highest BCUT2D eigenvalue weighted by molar-refractivity contribution is 7.10. The number of methoxy groups -OCH3 is 2. The summed E-state index contributed by atoms with van der Waals surface area (Å²) >= 11 is 1.42. The van der Waals surface area contributed by atoms with Crippen molar-refractivity contribution in [3.05, 3.63) is 46.8 Å². The van der Waals surface area contributed by atoms with Crippen molar-refractivity contribution in [1.82, 2.24) is 15.1 Å². The van der Waals surface area contributed by atoms with Crippen LogP contribution in [0.1, 0.15) is 10.9 Å². The monoisotopic (exact) mass is 373 g/mol. The van der Waals surface area contributed by atoms with Crippen molar-refractivity contribution in [2.75, 3.05) is 14.2 Å². The predicted octanol–water partition coefficient (Wildman–Crippen LogP) is 2.97. The summed E-state index contributed by atoms with van der Waals surface area (Å²) in [5, 5.41) is 6.42. The molecule has 9 heteroatoms. The number of carbonyl (C=O) groups is 1. The fraction of sp³-hybridized carbons (Fsp3) is 0.176. The van der Waals surface area contributed by atoms with Crippen LogP contribution in [0, 0.1) is 0 Å². The van der Waals surface area contributed by atoms with Gasteiger partial charge >= 0.3 is 5.97 Å². The molecule has 0 radical (unpaired) electrons. The van der Waals surface area contributed by atoms with Gasteiger partial charge in [-0.1, -0.05) is 5.16 Å². The molecule has 8 nitrogen and oxygen atoms in total. The number of hydrogen-bond donors (Lipinski definition) is 0. The number of aromatic nitrogens is 3. The maximum atomic E-state index is 11.7. The van der Waals surface area contributed by atoms with Gasteiger partial charge in [0.25, 0.3) is 5.89 Å². The van der Waals surface area contributed by atoms with Crippen molar-refractivity contribution >= 4 is 23.4 Å². The Morgan fingerprint density at radius 2 is 2.19 bits per heavy atom. The van der Waals surface area contributed by atoms with Crippen molar-refractivity contribution in [2.45, 2.75) is 6.61 Å². The number of rotatable bonds is 7. The van der Waals surface area contributed by atoms with E-state index in [9.17, 15) is 4.79 Å². The molecule has 0 saturated carbocycles. The molecule has 0 aliphatic carbocycles. The second-order valence-electron chi connectivity index (χ2n) is 4.89. The summed E-state index contributed by atoms with van der Waals surface area (Å²) in [4.78, 5) is 20.0. The first-order valence-electron chi connectivity index (χ1n) is 7.49. The quantitative estimate of drug-likeness (QED) is 0.461. The van der Waals surface area contributed by atoms with Crippen LogP contribution in [0.4, 0.5) is 0 Å².